The first-order chi connectivity index (χ1) is 13.6. The highest BCUT2D eigenvalue weighted by molar-refractivity contribution is 6.30. The lowest BCUT2D eigenvalue weighted by Gasteiger charge is -2.35. The van der Waals surface area contributed by atoms with Crippen LogP contribution in [0.3, 0.4) is 0 Å². The molecule has 9 heteroatoms. The average Bonchev–Trinajstić information content (AvgIpc) is 3.07. The maximum atomic E-state index is 14.1. The van der Waals surface area contributed by atoms with E-state index in [1.807, 2.05) is 16.7 Å². The largest absolute Gasteiger partial charge is 0.340 e. The summed E-state index contributed by atoms with van der Waals surface area (Å²) in [5.74, 6) is 1.31. The molecule has 3 heterocycles. The molecule has 1 fully saturated rings. The monoisotopic (exact) mass is 399 g/mol. The van der Waals surface area contributed by atoms with E-state index in [1.54, 1.807) is 25.5 Å². The fourth-order valence-corrected chi connectivity index (χ4v) is 3.60. The van der Waals surface area contributed by atoms with Gasteiger partial charge in [-0.1, -0.05) is 17.7 Å². The Bertz CT molecular complexity index is 1030. The molecule has 2 atom stereocenters. The number of benzene rings is 1. The zero-order valence-corrected chi connectivity index (χ0v) is 16.1. The van der Waals surface area contributed by atoms with Gasteiger partial charge in [0.25, 0.3) is 0 Å². The van der Waals surface area contributed by atoms with Crippen LogP contribution in [0.15, 0.2) is 30.6 Å². The second kappa shape index (κ2) is 7.70. The van der Waals surface area contributed by atoms with Crippen molar-refractivity contribution in [3.05, 3.63) is 52.9 Å². The van der Waals surface area contributed by atoms with Gasteiger partial charge in [0.2, 0.25) is 5.95 Å². The number of nitrogens with one attached hydrogen (secondary N) is 1. The number of hydrogen-bond acceptors (Lipinski definition) is 5. The molecule has 7 nitrogen and oxygen atoms in total. The molecule has 0 aliphatic carbocycles. The molecule has 0 radical (unpaired) electrons. The van der Waals surface area contributed by atoms with Crippen molar-refractivity contribution in [3.63, 3.8) is 0 Å². The van der Waals surface area contributed by atoms with Gasteiger partial charge in [-0.15, -0.1) is 0 Å². The van der Waals surface area contributed by atoms with Crippen LogP contribution in [-0.2, 0) is 6.54 Å². The highest BCUT2D eigenvalue weighted by atomic mass is 35.5. The molecule has 0 unspecified atom stereocenters. The molecule has 0 amide bonds. The number of nitrogens with zero attached hydrogens (tertiary/aromatic N) is 6. The summed E-state index contributed by atoms with van der Waals surface area (Å²) in [7, 11) is 1.77. The molecule has 0 spiro atoms. The lowest BCUT2D eigenvalue weighted by atomic mass is 10.0. The summed E-state index contributed by atoms with van der Waals surface area (Å²) in [5.41, 5.74) is 2.14. The van der Waals surface area contributed by atoms with Crippen molar-refractivity contribution in [2.75, 3.05) is 25.0 Å². The Labute approximate surface area is 167 Å². The minimum absolute atomic E-state index is 0.257. The van der Waals surface area contributed by atoms with Gasteiger partial charge < -0.3 is 14.8 Å². The number of alkyl halides is 1. The smallest absolute Gasteiger partial charge is 0.206 e. The minimum Gasteiger partial charge on any atom is -0.340 e. The van der Waals surface area contributed by atoms with Gasteiger partial charge in [0.15, 0.2) is 5.69 Å². The number of rotatable bonds is 4. The predicted molar refractivity (Wildman–Crippen MR) is 107 cm³/mol. The quantitative estimate of drug-likeness (QED) is 0.682. The van der Waals surface area contributed by atoms with Crippen LogP contribution in [0.5, 0.6) is 0 Å². The second-order valence-corrected chi connectivity index (χ2v) is 7.18. The summed E-state index contributed by atoms with van der Waals surface area (Å²) < 4.78 is 16.1. The first-order valence-electron chi connectivity index (χ1n) is 8.99. The normalized spacial score (nSPS) is 19.7. The second-order valence-electron chi connectivity index (χ2n) is 6.75. The van der Waals surface area contributed by atoms with Crippen LogP contribution in [0.25, 0.3) is 15.9 Å². The van der Waals surface area contributed by atoms with Crippen LogP contribution >= 0.6 is 11.6 Å². The zero-order valence-electron chi connectivity index (χ0n) is 15.3. The number of halogens is 2. The summed E-state index contributed by atoms with van der Waals surface area (Å²) in [6.45, 7) is 8.77. The molecule has 1 aromatic carbocycles. The Morgan fingerprint density at radius 1 is 1.36 bits per heavy atom. The molecular weight excluding hydrogens is 381 g/mol. The minimum atomic E-state index is -0.882. The molecule has 1 N–H and O–H groups in total. The number of anilines is 1. The van der Waals surface area contributed by atoms with E-state index in [1.165, 1.54) is 0 Å². The van der Waals surface area contributed by atoms with Gasteiger partial charge in [0, 0.05) is 25.5 Å². The van der Waals surface area contributed by atoms with Crippen molar-refractivity contribution in [2.45, 2.75) is 25.2 Å². The van der Waals surface area contributed by atoms with Gasteiger partial charge in [-0.25, -0.2) is 24.2 Å². The molecule has 1 saturated heterocycles. The fraction of sp³-hybridized carbons (Fsp3) is 0.368. The Morgan fingerprint density at radius 3 is 2.86 bits per heavy atom. The van der Waals surface area contributed by atoms with Gasteiger partial charge in [0.05, 0.1) is 35.2 Å². The molecule has 0 bridgehead atoms. The molecule has 0 saturated carbocycles. The third-order valence-electron chi connectivity index (χ3n) is 5.00. The van der Waals surface area contributed by atoms with Crippen molar-refractivity contribution in [2.24, 2.45) is 0 Å². The summed E-state index contributed by atoms with van der Waals surface area (Å²) >= 11 is 5.90. The SMILES string of the molecule is [C-]#[N+]c1ccc2nc(N3CC[C@@H](F)[C@H](NC)C3)n(Cc3ncc(Cl)cn3)c2c1. The lowest BCUT2D eigenvalue weighted by molar-refractivity contribution is 0.221. The van der Waals surface area contributed by atoms with E-state index in [0.29, 0.717) is 42.6 Å². The number of likely N-dealkylation sites (N-methyl/N-ethyl adjacent to an activating group) is 1. The van der Waals surface area contributed by atoms with Crippen molar-refractivity contribution in [1.82, 2.24) is 24.8 Å². The number of aromatic nitrogens is 4. The Morgan fingerprint density at radius 2 is 2.14 bits per heavy atom. The Balaban J connectivity index is 1.78. The molecule has 2 aromatic heterocycles. The van der Waals surface area contributed by atoms with E-state index in [4.69, 9.17) is 23.2 Å². The van der Waals surface area contributed by atoms with Gasteiger partial charge in [0.1, 0.15) is 12.0 Å². The molecule has 1 aliphatic rings. The molecule has 3 aromatic rings. The van der Waals surface area contributed by atoms with Gasteiger partial charge in [-0.05, 0) is 25.6 Å². The topological polar surface area (TPSA) is 63.2 Å². The van der Waals surface area contributed by atoms with Gasteiger partial charge in [-0.3, -0.25) is 0 Å². The predicted octanol–water partition coefficient (Wildman–Crippen LogP) is 3.21. The molecular formula is C19H19ClFN7. The third kappa shape index (κ3) is 3.51. The summed E-state index contributed by atoms with van der Waals surface area (Å²) in [6, 6.07) is 5.14. The standard InChI is InChI=1S/C19H19ClFN7/c1-22-13-3-4-15-17(7-13)28(11-18-24-8-12(20)9-25-18)19(26-15)27-6-5-14(21)16(10-27)23-2/h3-4,7-9,14,16,23H,5-6,10-11H2,2H3/t14-,16-/m1/s1. The third-order valence-corrected chi connectivity index (χ3v) is 5.19. The van der Waals surface area contributed by atoms with Crippen molar-refractivity contribution in [1.29, 1.82) is 0 Å². The van der Waals surface area contributed by atoms with E-state index in [-0.39, 0.29) is 6.04 Å². The fourth-order valence-electron chi connectivity index (χ4n) is 3.50. The number of piperidine rings is 1. The van der Waals surface area contributed by atoms with Crippen LogP contribution in [-0.4, -0.2) is 51.9 Å². The number of hydrogen-bond donors (Lipinski definition) is 1. The van der Waals surface area contributed by atoms with Crippen molar-refractivity contribution in [3.8, 4) is 0 Å². The molecule has 1 aliphatic heterocycles. The highest BCUT2D eigenvalue weighted by Crippen LogP contribution is 2.29. The van der Waals surface area contributed by atoms with Gasteiger partial charge >= 0.3 is 0 Å². The van der Waals surface area contributed by atoms with Crippen LogP contribution < -0.4 is 10.2 Å². The highest BCUT2D eigenvalue weighted by Gasteiger charge is 2.30. The molecule has 144 valence electrons. The van der Waals surface area contributed by atoms with E-state index >= 15 is 0 Å². The molecule has 4 rings (SSSR count). The molecule has 28 heavy (non-hydrogen) atoms. The summed E-state index contributed by atoms with van der Waals surface area (Å²) in [6.07, 6.45) is 2.66. The first-order valence-corrected chi connectivity index (χ1v) is 9.37. The van der Waals surface area contributed by atoms with E-state index in [0.717, 1.165) is 17.0 Å². The van der Waals surface area contributed by atoms with E-state index < -0.39 is 6.17 Å². The van der Waals surface area contributed by atoms with Crippen LogP contribution in [0.1, 0.15) is 12.2 Å². The van der Waals surface area contributed by atoms with Gasteiger partial charge in [-0.2, -0.15) is 0 Å². The van der Waals surface area contributed by atoms with E-state index in [2.05, 4.69) is 25.0 Å². The average molecular weight is 400 g/mol. The van der Waals surface area contributed by atoms with Crippen LogP contribution in [0.2, 0.25) is 5.02 Å². The summed E-state index contributed by atoms with van der Waals surface area (Å²) in [5, 5.41) is 3.52. The van der Waals surface area contributed by atoms with Crippen molar-refractivity contribution >= 4 is 34.3 Å². The van der Waals surface area contributed by atoms with Crippen LogP contribution in [0, 0.1) is 6.57 Å². The van der Waals surface area contributed by atoms with Crippen LogP contribution in [0.4, 0.5) is 16.0 Å². The first kappa shape index (κ1) is 18.6. The Hall–Kier alpha value is -2.76. The Kier molecular flexibility index (Phi) is 5.11. The number of imidazole rings is 1. The summed E-state index contributed by atoms with van der Waals surface area (Å²) in [4.78, 5) is 18.9. The maximum absolute atomic E-state index is 14.1. The van der Waals surface area contributed by atoms with Crippen molar-refractivity contribution < 1.29 is 4.39 Å². The zero-order chi connectivity index (χ0) is 19.7. The lowest BCUT2D eigenvalue weighted by Crippen LogP contribution is -2.51. The van der Waals surface area contributed by atoms with E-state index in [9.17, 15) is 4.39 Å². The maximum Gasteiger partial charge on any atom is 0.206 e. The number of fused-ring (bicyclic) bond motifs is 1.